The van der Waals surface area contributed by atoms with Crippen molar-refractivity contribution in [3.63, 3.8) is 0 Å². The number of aliphatic hydroxyl groups excluding tert-OH is 1. The molecule has 0 saturated heterocycles. The molecule has 0 aliphatic rings. The third-order valence-corrected chi connectivity index (χ3v) is 17.1. The van der Waals surface area contributed by atoms with E-state index in [0.29, 0.717) is 31.6 Å². The molecule has 0 saturated carbocycles. The molecule has 498 valence electrons. The van der Waals surface area contributed by atoms with Crippen LogP contribution in [-0.4, -0.2) is 96.7 Å². The topological polar surface area (TPSA) is 237 Å². The minimum absolute atomic E-state index is 0.101. The largest absolute Gasteiger partial charge is 0.472 e. The lowest BCUT2D eigenvalue weighted by Crippen LogP contribution is -2.30. The summed E-state index contributed by atoms with van der Waals surface area (Å²) in [5.41, 5.74) is 0. The molecule has 6 atom stereocenters. The lowest BCUT2D eigenvalue weighted by molar-refractivity contribution is -0.161. The van der Waals surface area contributed by atoms with Gasteiger partial charge in [-0.1, -0.05) is 261 Å². The summed E-state index contributed by atoms with van der Waals surface area (Å²) in [7, 11) is -9.89. The molecule has 0 fully saturated rings. The minimum atomic E-state index is -4.95. The first-order valence-electron chi connectivity index (χ1n) is 33.7. The maximum absolute atomic E-state index is 13.0. The van der Waals surface area contributed by atoms with Gasteiger partial charge in [-0.05, 0) is 49.4 Å². The van der Waals surface area contributed by atoms with E-state index in [2.05, 4.69) is 55.4 Å². The van der Waals surface area contributed by atoms with Gasteiger partial charge in [0.1, 0.15) is 19.3 Å². The van der Waals surface area contributed by atoms with Gasteiger partial charge in [0.2, 0.25) is 0 Å². The number of ether oxygens (including phenoxy) is 4. The number of carbonyl (C=O) groups excluding carboxylic acids is 4. The molecule has 0 amide bonds. The molecule has 17 nitrogen and oxygen atoms in total. The lowest BCUT2D eigenvalue weighted by Gasteiger charge is -2.21. The summed E-state index contributed by atoms with van der Waals surface area (Å²) in [6, 6.07) is 0. The number of esters is 4. The fourth-order valence-electron chi connectivity index (χ4n) is 9.57. The van der Waals surface area contributed by atoms with Gasteiger partial charge in [-0.15, -0.1) is 0 Å². The molecule has 0 aliphatic heterocycles. The first-order chi connectivity index (χ1) is 40.1. The second-order valence-corrected chi connectivity index (χ2v) is 28.1. The number of hydrogen-bond donors (Lipinski definition) is 3. The van der Waals surface area contributed by atoms with Gasteiger partial charge in [0.25, 0.3) is 0 Å². The van der Waals surface area contributed by atoms with Crippen molar-refractivity contribution < 1.29 is 80.2 Å². The van der Waals surface area contributed by atoms with Crippen LogP contribution in [0.2, 0.25) is 0 Å². The van der Waals surface area contributed by atoms with Crippen molar-refractivity contribution in [1.29, 1.82) is 0 Å². The third-order valence-electron chi connectivity index (χ3n) is 15.2. The van der Waals surface area contributed by atoms with Crippen LogP contribution in [-0.2, 0) is 65.4 Å². The van der Waals surface area contributed by atoms with Crippen LogP contribution < -0.4 is 0 Å². The van der Waals surface area contributed by atoms with E-state index in [1.807, 2.05) is 0 Å². The smallest absolute Gasteiger partial charge is 0.462 e. The van der Waals surface area contributed by atoms with Crippen LogP contribution >= 0.6 is 15.6 Å². The number of phosphoric acid groups is 2. The van der Waals surface area contributed by atoms with Crippen LogP contribution in [0.1, 0.15) is 312 Å². The van der Waals surface area contributed by atoms with Crippen LogP contribution in [0.15, 0.2) is 0 Å². The molecule has 0 aromatic rings. The maximum Gasteiger partial charge on any atom is 0.472 e. The van der Waals surface area contributed by atoms with E-state index in [9.17, 15) is 43.2 Å². The molecule has 4 unspecified atom stereocenters. The highest BCUT2D eigenvalue weighted by Crippen LogP contribution is 2.45. The Kier molecular flexibility index (Phi) is 53.9. The summed E-state index contributed by atoms with van der Waals surface area (Å²) < 4.78 is 68.0. The van der Waals surface area contributed by atoms with Crippen molar-refractivity contribution in [3.05, 3.63) is 0 Å². The minimum Gasteiger partial charge on any atom is -0.462 e. The maximum atomic E-state index is 13.0. The van der Waals surface area contributed by atoms with Gasteiger partial charge in [0.15, 0.2) is 12.2 Å². The molecule has 0 aromatic carbocycles. The molecule has 0 spiro atoms. The molecule has 0 rings (SSSR count). The summed E-state index contributed by atoms with van der Waals surface area (Å²) in [4.78, 5) is 72.2. The fourth-order valence-corrected chi connectivity index (χ4v) is 11.2. The van der Waals surface area contributed by atoms with E-state index >= 15 is 0 Å². The van der Waals surface area contributed by atoms with E-state index in [4.69, 9.17) is 37.0 Å². The molecular formula is C65H126O17P2. The van der Waals surface area contributed by atoms with Gasteiger partial charge in [-0.2, -0.15) is 0 Å². The van der Waals surface area contributed by atoms with Gasteiger partial charge in [0.05, 0.1) is 26.4 Å². The van der Waals surface area contributed by atoms with Crippen LogP contribution in [0, 0.1) is 23.7 Å². The van der Waals surface area contributed by atoms with E-state index in [0.717, 1.165) is 114 Å². The van der Waals surface area contributed by atoms with Crippen LogP contribution in [0.3, 0.4) is 0 Å². The normalized spacial score (nSPS) is 14.7. The molecule has 19 heteroatoms. The summed E-state index contributed by atoms with van der Waals surface area (Å²) in [5, 5.41) is 10.5. The van der Waals surface area contributed by atoms with Crippen LogP contribution in [0.4, 0.5) is 0 Å². The summed E-state index contributed by atoms with van der Waals surface area (Å²) >= 11 is 0. The highest BCUT2D eigenvalue weighted by Gasteiger charge is 2.30. The van der Waals surface area contributed by atoms with E-state index in [1.165, 1.54) is 109 Å². The first kappa shape index (κ1) is 82.1. The SMILES string of the molecule is CCC(C)CCCCCCCCC(=O)OC[C@H](COP(=O)(O)OCC(O)COP(=O)(O)OC[C@@H](COC(=O)CCCCCCCCCCC(C)C)OC(=O)CCCCCCCCC(C)C)OC(=O)CCCCCCCCCCCCCC(C)C. The first-order valence-corrected chi connectivity index (χ1v) is 36.7. The Morgan fingerprint density at radius 2 is 0.571 bits per heavy atom. The molecule has 0 radical (unpaired) electrons. The zero-order chi connectivity index (χ0) is 62.5. The molecule has 84 heavy (non-hydrogen) atoms. The van der Waals surface area contributed by atoms with Crippen molar-refractivity contribution in [2.45, 2.75) is 331 Å². The molecule has 0 aliphatic carbocycles. The predicted molar refractivity (Wildman–Crippen MR) is 335 cm³/mol. The zero-order valence-corrected chi connectivity index (χ0v) is 56.3. The van der Waals surface area contributed by atoms with Crippen LogP contribution in [0.25, 0.3) is 0 Å². The second-order valence-electron chi connectivity index (χ2n) is 25.2. The molecule has 0 aromatic heterocycles. The second kappa shape index (κ2) is 55.2. The van der Waals surface area contributed by atoms with Gasteiger partial charge >= 0.3 is 39.5 Å². The average molecular weight is 1240 g/mol. The zero-order valence-electron chi connectivity index (χ0n) is 54.5. The van der Waals surface area contributed by atoms with Crippen molar-refractivity contribution in [2.75, 3.05) is 39.6 Å². The van der Waals surface area contributed by atoms with Gasteiger partial charge < -0.3 is 33.8 Å². The Labute approximate surface area is 511 Å². The average Bonchev–Trinajstić information content (AvgIpc) is 3.48. The molecule has 0 heterocycles. The van der Waals surface area contributed by atoms with E-state index in [-0.39, 0.29) is 25.7 Å². The molecule has 0 bridgehead atoms. The Bertz CT molecular complexity index is 1680. The molecular weight excluding hydrogens is 1110 g/mol. The molecule has 3 N–H and O–H groups in total. The summed E-state index contributed by atoms with van der Waals surface area (Å²) in [6.07, 6.45) is 35.0. The van der Waals surface area contributed by atoms with E-state index in [1.54, 1.807) is 0 Å². The number of aliphatic hydroxyl groups is 1. The highest BCUT2D eigenvalue weighted by atomic mass is 31.2. The number of hydrogen-bond acceptors (Lipinski definition) is 15. The van der Waals surface area contributed by atoms with Crippen molar-refractivity contribution in [1.82, 2.24) is 0 Å². The van der Waals surface area contributed by atoms with Crippen molar-refractivity contribution in [2.24, 2.45) is 23.7 Å². The Morgan fingerprint density at radius 1 is 0.333 bits per heavy atom. The number of rotatable bonds is 62. The Hall–Kier alpha value is -1.94. The number of phosphoric ester groups is 2. The Balaban J connectivity index is 5.24. The summed E-state index contributed by atoms with van der Waals surface area (Å²) in [5.74, 6) is 0.750. The third kappa shape index (κ3) is 57.8. The van der Waals surface area contributed by atoms with Crippen molar-refractivity contribution >= 4 is 39.5 Å². The number of carbonyl (C=O) groups is 4. The number of unbranched alkanes of at least 4 members (excludes halogenated alkanes) is 27. The highest BCUT2D eigenvalue weighted by molar-refractivity contribution is 7.47. The standard InChI is InChI=1S/C65H126O17P2/c1-9-58(8)44-36-28-22-24-30-38-46-63(68)76-52-60(81-64(69)47-39-31-20-14-12-10-11-13-17-25-33-41-55(2)3)53-79-83(71,72)77-49-59(66)50-78-84(73,74)80-54-61(82-65(70)48-40-32-23-21-27-35-43-57(6)7)51-75-62(67)45-37-29-19-16-15-18-26-34-42-56(4)5/h55-61,66H,9-54H2,1-8H3,(H,71,72)(H,73,74)/t58?,59?,60-,61-/m1/s1. The van der Waals surface area contributed by atoms with Gasteiger partial charge in [-0.3, -0.25) is 37.3 Å². The lowest BCUT2D eigenvalue weighted by atomic mass is 10.00. The van der Waals surface area contributed by atoms with Gasteiger partial charge in [0, 0.05) is 25.7 Å². The van der Waals surface area contributed by atoms with E-state index < -0.39 is 97.5 Å². The van der Waals surface area contributed by atoms with Crippen LogP contribution in [0.5, 0.6) is 0 Å². The van der Waals surface area contributed by atoms with Gasteiger partial charge in [-0.25, -0.2) is 9.13 Å². The predicted octanol–water partition coefficient (Wildman–Crippen LogP) is 17.8. The Morgan fingerprint density at radius 3 is 0.845 bits per heavy atom. The quantitative estimate of drug-likeness (QED) is 0.0222. The monoisotopic (exact) mass is 1240 g/mol. The summed E-state index contributed by atoms with van der Waals surface area (Å²) in [6.45, 7) is 13.9. The fraction of sp³-hybridized carbons (Fsp3) is 0.938. The van der Waals surface area contributed by atoms with Crippen molar-refractivity contribution in [3.8, 4) is 0 Å².